The minimum Gasteiger partial charge on any atom is -0.504 e. The second-order valence-electron chi connectivity index (χ2n) is 6.80. The van der Waals surface area contributed by atoms with Gasteiger partial charge in [-0.2, -0.15) is 0 Å². The highest BCUT2D eigenvalue weighted by Crippen LogP contribution is 2.37. The minimum atomic E-state index is -4.15. The molecule has 174 valence electrons. The number of carbonyl (C=O) groups is 1. The first-order chi connectivity index (χ1) is 15.2. The van der Waals surface area contributed by atoms with Crippen molar-refractivity contribution < 1.29 is 23.1 Å². The number of hydrogen-bond acceptors (Lipinski definition) is 6. The summed E-state index contributed by atoms with van der Waals surface area (Å²) in [5, 5.41) is 15.6. The highest BCUT2D eigenvalue weighted by atomic mass is 35.5. The van der Waals surface area contributed by atoms with Crippen LogP contribution in [0, 0.1) is 0 Å². The fourth-order valence-corrected chi connectivity index (χ4v) is 5.01. The predicted octanol–water partition coefficient (Wildman–Crippen LogP) is 3.61. The average Bonchev–Trinajstić information content (AvgIpc) is 2.74. The molecule has 0 unspecified atom stereocenters. The molecule has 13 heteroatoms. The third-order valence-electron chi connectivity index (χ3n) is 4.62. The molecule has 0 aliphatic carbocycles. The first-order valence-corrected chi connectivity index (χ1v) is 12.1. The van der Waals surface area contributed by atoms with Crippen LogP contribution in [0.5, 0.6) is 5.75 Å². The van der Waals surface area contributed by atoms with Crippen LogP contribution in [0.3, 0.4) is 0 Å². The summed E-state index contributed by atoms with van der Waals surface area (Å²) < 4.78 is 33.2. The van der Waals surface area contributed by atoms with Gasteiger partial charge in [-0.15, -0.1) is 0 Å². The lowest BCUT2D eigenvalue weighted by Crippen LogP contribution is -2.41. The molecular weight excluding hydrogens is 503 g/mol. The maximum Gasteiger partial charge on any atom is 0.323 e. The van der Waals surface area contributed by atoms with E-state index >= 15 is 0 Å². The van der Waals surface area contributed by atoms with E-state index in [1.165, 1.54) is 18.2 Å². The summed E-state index contributed by atoms with van der Waals surface area (Å²) in [5.41, 5.74) is 0.0846. The smallest absolute Gasteiger partial charge is 0.323 e. The van der Waals surface area contributed by atoms with Gasteiger partial charge < -0.3 is 20.5 Å². The predicted molar refractivity (Wildman–Crippen MR) is 125 cm³/mol. The number of carbonyl (C=O) groups excluding carboxylic acids is 1. The maximum absolute atomic E-state index is 12.8. The number of hydrogen-bond donors (Lipinski definition) is 4. The topological polar surface area (TPSA) is 120 Å². The molecular formula is C19H21Cl3N4O5S. The van der Waals surface area contributed by atoms with E-state index < -0.39 is 26.7 Å². The molecule has 1 fully saturated rings. The van der Waals surface area contributed by atoms with Crippen molar-refractivity contribution in [2.24, 2.45) is 0 Å². The molecule has 0 saturated carbocycles. The normalized spacial score (nSPS) is 14.8. The fraction of sp³-hybridized carbons (Fsp3) is 0.316. The zero-order valence-corrected chi connectivity index (χ0v) is 19.8. The summed E-state index contributed by atoms with van der Waals surface area (Å²) >= 11 is 18.0. The number of sulfonamides is 1. The van der Waals surface area contributed by atoms with Gasteiger partial charge in [0, 0.05) is 26.2 Å². The molecule has 0 bridgehead atoms. The van der Waals surface area contributed by atoms with E-state index in [2.05, 4.69) is 20.3 Å². The molecule has 1 heterocycles. The molecule has 2 aromatic rings. The van der Waals surface area contributed by atoms with Crippen LogP contribution in [0.2, 0.25) is 15.1 Å². The average molecular weight is 524 g/mol. The van der Waals surface area contributed by atoms with E-state index in [0.29, 0.717) is 32.8 Å². The lowest BCUT2D eigenvalue weighted by atomic mass is 10.3. The molecule has 0 atom stereocenters. The summed E-state index contributed by atoms with van der Waals surface area (Å²) in [6.07, 6.45) is 0. The van der Waals surface area contributed by atoms with Crippen molar-refractivity contribution in [3.63, 3.8) is 0 Å². The molecule has 0 radical (unpaired) electrons. The molecule has 1 aliphatic heterocycles. The molecule has 4 N–H and O–H groups in total. The Morgan fingerprint density at radius 1 is 1.03 bits per heavy atom. The first-order valence-electron chi connectivity index (χ1n) is 9.52. The number of halogens is 3. The lowest BCUT2D eigenvalue weighted by molar-refractivity contribution is 0.0390. The first kappa shape index (κ1) is 24.8. The van der Waals surface area contributed by atoms with E-state index in [0.717, 1.165) is 0 Å². The second kappa shape index (κ2) is 10.9. The Labute approximate surface area is 200 Å². The zero-order valence-electron chi connectivity index (χ0n) is 16.7. The van der Waals surface area contributed by atoms with Crippen molar-refractivity contribution in [2.75, 3.05) is 50.0 Å². The number of phenolic OH excluding ortho intramolecular Hbond substituents is 1. The molecule has 1 saturated heterocycles. The highest BCUT2D eigenvalue weighted by Gasteiger charge is 2.25. The quantitative estimate of drug-likeness (QED) is 0.412. The zero-order chi connectivity index (χ0) is 23.3. The van der Waals surface area contributed by atoms with Crippen molar-refractivity contribution in [3.05, 3.63) is 45.4 Å². The summed E-state index contributed by atoms with van der Waals surface area (Å²) in [6.45, 7) is 3.19. The van der Waals surface area contributed by atoms with Crippen molar-refractivity contribution in [2.45, 2.75) is 4.90 Å². The van der Waals surface area contributed by atoms with Crippen molar-refractivity contribution >= 4 is 62.2 Å². The number of aromatic hydroxyl groups is 1. The van der Waals surface area contributed by atoms with Crippen LogP contribution in [-0.2, 0) is 14.8 Å². The molecule has 3 rings (SSSR count). The third kappa shape index (κ3) is 6.16. The molecule has 9 nitrogen and oxygen atoms in total. The van der Waals surface area contributed by atoms with E-state index in [4.69, 9.17) is 39.5 Å². The SMILES string of the molecule is O=C(Nc1ccc(Cl)c(S(=O)(=O)NCCN2CCOCC2)c1O)Nc1cccc(Cl)c1Cl. The largest absolute Gasteiger partial charge is 0.504 e. The Hall–Kier alpha value is -1.79. The Morgan fingerprint density at radius 2 is 1.72 bits per heavy atom. The lowest BCUT2D eigenvalue weighted by Gasteiger charge is -2.26. The van der Waals surface area contributed by atoms with Crippen LogP contribution in [0.1, 0.15) is 0 Å². The van der Waals surface area contributed by atoms with E-state index in [1.54, 1.807) is 12.1 Å². The van der Waals surface area contributed by atoms with Gasteiger partial charge in [-0.3, -0.25) is 4.90 Å². The van der Waals surface area contributed by atoms with Gasteiger partial charge in [-0.1, -0.05) is 40.9 Å². The van der Waals surface area contributed by atoms with E-state index in [1.807, 2.05) is 0 Å². The van der Waals surface area contributed by atoms with Crippen molar-refractivity contribution in [1.82, 2.24) is 9.62 Å². The molecule has 0 spiro atoms. The van der Waals surface area contributed by atoms with Crippen molar-refractivity contribution in [3.8, 4) is 5.75 Å². The summed E-state index contributed by atoms with van der Waals surface area (Å²) in [4.78, 5) is 13.9. The molecule has 1 aliphatic rings. The van der Waals surface area contributed by atoms with Crippen LogP contribution in [0.25, 0.3) is 0 Å². The standard InChI is InChI=1S/C19H21Cl3N4O5S/c20-12-2-1-3-14(16(12)22)24-19(28)25-15-5-4-13(21)18(17(15)27)32(29,30)23-6-7-26-8-10-31-11-9-26/h1-5,23,27H,6-11H2,(H2,24,25,28). The number of phenols is 1. The number of amides is 2. The van der Waals surface area contributed by atoms with Crippen molar-refractivity contribution in [1.29, 1.82) is 0 Å². The number of urea groups is 1. The van der Waals surface area contributed by atoms with Crippen LogP contribution in [-0.4, -0.2) is 63.8 Å². The van der Waals surface area contributed by atoms with Gasteiger partial charge in [0.05, 0.1) is 39.7 Å². The highest BCUT2D eigenvalue weighted by molar-refractivity contribution is 7.89. The number of anilines is 2. The van der Waals surface area contributed by atoms with Gasteiger partial charge in [0.2, 0.25) is 10.0 Å². The molecule has 2 amide bonds. The van der Waals surface area contributed by atoms with Crippen LogP contribution >= 0.6 is 34.8 Å². The Balaban J connectivity index is 1.71. The third-order valence-corrected chi connectivity index (χ3v) is 7.40. The van der Waals surface area contributed by atoms with Crippen LogP contribution < -0.4 is 15.4 Å². The number of benzene rings is 2. The maximum atomic E-state index is 12.8. The fourth-order valence-electron chi connectivity index (χ4n) is 3.01. The monoisotopic (exact) mass is 522 g/mol. The Kier molecular flexibility index (Phi) is 8.45. The minimum absolute atomic E-state index is 0.115. The second-order valence-corrected chi connectivity index (χ2v) is 9.70. The van der Waals surface area contributed by atoms with E-state index in [9.17, 15) is 18.3 Å². The van der Waals surface area contributed by atoms with Gasteiger partial charge in [0.15, 0.2) is 5.75 Å². The van der Waals surface area contributed by atoms with Gasteiger partial charge in [0.25, 0.3) is 0 Å². The van der Waals surface area contributed by atoms with Gasteiger partial charge in [0.1, 0.15) is 4.90 Å². The van der Waals surface area contributed by atoms with Gasteiger partial charge >= 0.3 is 6.03 Å². The Morgan fingerprint density at radius 3 is 2.44 bits per heavy atom. The number of morpholine rings is 1. The van der Waals surface area contributed by atoms with Crippen LogP contribution in [0.15, 0.2) is 35.2 Å². The molecule has 0 aromatic heterocycles. The number of nitrogens with one attached hydrogen (secondary N) is 3. The van der Waals surface area contributed by atoms with Crippen LogP contribution in [0.4, 0.5) is 16.2 Å². The van der Waals surface area contributed by atoms with Gasteiger partial charge in [-0.25, -0.2) is 17.9 Å². The molecule has 2 aromatic carbocycles. The number of rotatable bonds is 7. The summed E-state index contributed by atoms with van der Waals surface area (Å²) in [6, 6.07) is 6.46. The number of ether oxygens (including phenoxy) is 1. The number of nitrogens with zero attached hydrogens (tertiary/aromatic N) is 1. The van der Waals surface area contributed by atoms with Gasteiger partial charge in [-0.05, 0) is 24.3 Å². The molecule has 32 heavy (non-hydrogen) atoms. The van der Waals surface area contributed by atoms with E-state index in [-0.39, 0.29) is 33.0 Å². The Bertz CT molecular complexity index is 1090. The summed E-state index contributed by atoms with van der Waals surface area (Å²) in [5.74, 6) is -0.691. The summed E-state index contributed by atoms with van der Waals surface area (Å²) in [7, 11) is -4.15.